The molecule has 0 saturated carbocycles. The zero-order chi connectivity index (χ0) is 38.8. The van der Waals surface area contributed by atoms with E-state index in [-0.39, 0.29) is 0 Å². The van der Waals surface area contributed by atoms with Gasteiger partial charge in [-0.1, -0.05) is 0 Å². The molecule has 10 aliphatic rings. The predicted octanol–water partition coefficient (Wildman–Crippen LogP) is 5.34. The first-order valence-electron chi connectivity index (χ1n) is 22.2. The van der Waals surface area contributed by atoms with Crippen molar-refractivity contribution in [1.29, 1.82) is 0 Å². The second kappa shape index (κ2) is 17.8. The van der Waals surface area contributed by atoms with Crippen molar-refractivity contribution in [3.8, 4) is 0 Å². The molecule has 1 atom stereocenters. The highest BCUT2D eigenvalue weighted by Gasteiger charge is 2.51. The summed E-state index contributed by atoms with van der Waals surface area (Å²) in [5.41, 5.74) is 2.62. The molecular weight excluding hydrogens is 679 g/mol. The summed E-state index contributed by atoms with van der Waals surface area (Å²) in [5.74, 6) is 0. The Morgan fingerprint density at radius 2 is 0.685 bits per heavy atom. The molecule has 5 spiro atoms. The predicted molar refractivity (Wildman–Crippen MR) is 218 cm³/mol. The topological polar surface area (TPSA) is 62.3 Å². The summed E-state index contributed by atoms with van der Waals surface area (Å²) in [6.07, 6.45) is 6.57. The third-order valence-corrected chi connectivity index (χ3v) is 14.7. The molecule has 0 aromatic rings. The molecule has 10 fully saturated rings. The summed E-state index contributed by atoms with van der Waals surface area (Å²) in [4.78, 5) is 12.6. The van der Waals surface area contributed by atoms with Crippen LogP contribution >= 0.6 is 0 Å². The summed E-state index contributed by atoms with van der Waals surface area (Å²) in [7, 11) is 0. The minimum atomic E-state index is 0.324. The van der Waals surface area contributed by atoms with Crippen molar-refractivity contribution in [2.75, 3.05) is 125 Å². The summed E-state index contributed by atoms with van der Waals surface area (Å²) < 4.78 is 26.8. The van der Waals surface area contributed by atoms with E-state index in [4.69, 9.17) is 23.7 Å². The van der Waals surface area contributed by atoms with E-state index in [1.807, 2.05) is 0 Å². The number of ether oxygens (including phenoxy) is 5. The normalized spacial score (nSPS) is 31.6. The highest BCUT2D eigenvalue weighted by Crippen LogP contribution is 2.41. The molecule has 10 heteroatoms. The van der Waals surface area contributed by atoms with E-state index in [9.17, 15) is 0 Å². The molecule has 10 rings (SSSR count). The standard InChI is InChI=1S/C10H19NO.2C9H17NO.2C8H15NO/c1-9(2)11-5-3-10(7-11)4-6-12-8-10;1-8(2)10-5-9(6-10)3-4-11-7-9;1-8(2)10-4-3-9(5-10)6-11-7-9;1-7(2)9-3-8(4-9)5-10-6-8;1-7(2)9-5-8(6-9)3-4-10-8/h9H,3-8H2,1-2H3;2*8H,3-7H2,1-2H3;2*7H,3-6H2,1-2H3. The van der Waals surface area contributed by atoms with Gasteiger partial charge in [0.05, 0.1) is 51.8 Å². The van der Waals surface area contributed by atoms with Gasteiger partial charge in [0, 0.05) is 124 Å². The van der Waals surface area contributed by atoms with Gasteiger partial charge in [-0.3, -0.25) is 14.7 Å². The molecule has 10 heterocycles. The lowest BCUT2D eigenvalue weighted by Gasteiger charge is -2.56. The number of rotatable bonds is 5. The summed E-state index contributed by atoms with van der Waals surface area (Å²) >= 11 is 0. The number of hydrogen-bond donors (Lipinski definition) is 0. The van der Waals surface area contributed by atoms with Crippen LogP contribution in [-0.2, 0) is 23.7 Å². The van der Waals surface area contributed by atoms with Crippen LogP contribution in [0.1, 0.15) is 101 Å². The first-order chi connectivity index (χ1) is 25.6. The first-order valence-corrected chi connectivity index (χ1v) is 22.2. The Morgan fingerprint density at radius 1 is 0.333 bits per heavy atom. The molecule has 0 bridgehead atoms. The lowest BCUT2D eigenvalue weighted by atomic mass is 9.77. The van der Waals surface area contributed by atoms with E-state index in [2.05, 4.69) is 93.7 Å². The zero-order valence-corrected chi connectivity index (χ0v) is 36.6. The maximum Gasteiger partial charge on any atom is 0.0956 e. The van der Waals surface area contributed by atoms with Gasteiger partial charge in [-0.05, 0) is 108 Å². The minimum absolute atomic E-state index is 0.324. The Hall–Kier alpha value is -0.400. The third kappa shape index (κ3) is 10.2. The van der Waals surface area contributed by atoms with E-state index in [1.165, 1.54) is 97.6 Å². The molecule has 0 aliphatic carbocycles. The molecule has 0 aromatic carbocycles. The van der Waals surface area contributed by atoms with Crippen LogP contribution in [-0.4, -0.2) is 185 Å². The fourth-order valence-electron chi connectivity index (χ4n) is 9.95. The molecule has 0 aromatic heterocycles. The van der Waals surface area contributed by atoms with E-state index in [1.54, 1.807) is 0 Å². The molecule has 10 nitrogen and oxygen atoms in total. The van der Waals surface area contributed by atoms with Gasteiger partial charge >= 0.3 is 0 Å². The zero-order valence-electron chi connectivity index (χ0n) is 36.6. The van der Waals surface area contributed by atoms with Crippen LogP contribution in [0.3, 0.4) is 0 Å². The van der Waals surface area contributed by atoms with Gasteiger partial charge < -0.3 is 33.5 Å². The fraction of sp³-hybridized carbons (Fsp3) is 1.00. The fourth-order valence-corrected chi connectivity index (χ4v) is 9.95. The van der Waals surface area contributed by atoms with Crippen molar-refractivity contribution in [2.24, 2.45) is 21.7 Å². The Bertz CT molecular complexity index is 1100. The lowest BCUT2D eigenvalue weighted by Crippen LogP contribution is -2.69. The molecule has 0 N–H and O–H groups in total. The number of hydrogen-bond acceptors (Lipinski definition) is 10. The van der Waals surface area contributed by atoms with Crippen molar-refractivity contribution in [3.05, 3.63) is 0 Å². The average Bonchev–Trinajstić information content (AvgIpc) is 3.82. The Morgan fingerprint density at radius 3 is 1.00 bits per heavy atom. The van der Waals surface area contributed by atoms with Crippen LogP contribution < -0.4 is 0 Å². The SMILES string of the molecule is CC(C)N1CC2(CCO2)C1.CC(C)N1CC2(CCOC2)C1.CC(C)N1CC2(COC2)C1.CC(C)N1CCC2(CCOC2)C1.CC(C)N1CCC2(COC2)C1. The van der Waals surface area contributed by atoms with Crippen molar-refractivity contribution >= 4 is 0 Å². The third-order valence-electron chi connectivity index (χ3n) is 14.7. The number of likely N-dealkylation sites (tertiary alicyclic amines) is 5. The van der Waals surface area contributed by atoms with Crippen molar-refractivity contribution < 1.29 is 23.7 Å². The first kappa shape index (κ1) is 43.2. The average molecular weight is 762 g/mol. The van der Waals surface area contributed by atoms with Gasteiger partial charge in [0.1, 0.15) is 0 Å². The lowest BCUT2D eigenvalue weighted by molar-refractivity contribution is -0.227. The second-order valence-corrected chi connectivity index (χ2v) is 21.0. The molecule has 10 saturated heterocycles. The molecular formula is C44H83N5O5. The molecule has 1 unspecified atom stereocenters. The van der Waals surface area contributed by atoms with E-state index < -0.39 is 0 Å². The Balaban J connectivity index is 0.000000115. The molecule has 0 radical (unpaired) electrons. The Labute approximate surface area is 331 Å². The van der Waals surface area contributed by atoms with Gasteiger partial charge in [-0.15, -0.1) is 0 Å². The number of nitrogens with zero attached hydrogens (tertiary/aromatic N) is 5. The molecule has 314 valence electrons. The highest BCUT2D eigenvalue weighted by atomic mass is 16.5. The highest BCUT2D eigenvalue weighted by molar-refractivity contribution is 5.03. The maximum atomic E-state index is 5.49. The molecule has 54 heavy (non-hydrogen) atoms. The van der Waals surface area contributed by atoms with Crippen LogP contribution in [0.2, 0.25) is 0 Å². The van der Waals surface area contributed by atoms with Crippen LogP contribution in [0, 0.1) is 21.7 Å². The second-order valence-electron chi connectivity index (χ2n) is 21.0. The van der Waals surface area contributed by atoms with E-state index in [0.717, 1.165) is 77.6 Å². The van der Waals surface area contributed by atoms with Crippen molar-refractivity contribution in [3.63, 3.8) is 0 Å². The van der Waals surface area contributed by atoms with Gasteiger partial charge in [0.15, 0.2) is 0 Å². The van der Waals surface area contributed by atoms with Crippen LogP contribution in [0.4, 0.5) is 0 Å². The summed E-state index contributed by atoms with van der Waals surface area (Å²) in [6, 6.07) is 3.59. The van der Waals surface area contributed by atoms with Crippen molar-refractivity contribution in [2.45, 2.75) is 137 Å². The monoisotopic (exact) mass is 762 g/mol. The Kier molecular flexibility index (Phi) is 14.3. The maximum absolute atomic E-state index is 5.49. The van der Waals surface area contributed by atoms with Crippen molar-refractivity contribution in [1.82, 2.24) is 24.5 Å². The van der Waals surface area contributed by atoms with E-state index in [0.29, 0.717) is 39.3 Å². The van der Waals surface area contributed by atoms with Crippen LogP contribution in [0.25, 0.3) is 0 Å². The summed E-state index contributed by atoms with van der Waals surface area (Å²) in [5, 5.41) is 0. The minimum Gasteiger partial charge on any atom is -0.381 e. The van der Waals surface area contributed by atoms with Gasteiger partial charge in [0.25, 0.3) is 0 Å². The van der Waals surface area contributed by atoms with Gasteiger partial charge in [-0.25, -0.2) is 0 Å². The summed E-state index contributed by atoms with van der Waals surface area (Å²) in [6.45, 7) is 44.2. The van der Waals surface area contributed by atoms with Crippen LogP contribution in [0.5, 0.6) is 0 Å². The van der Waals surface area contributed by atoms with E-state index >= 15 is 0 Å². The van der Waals surface area contributed by atoms with Gasteiger partial charge in [-0.2, -0.15) is 0 Å². The quantitative estimate of drug-likeness (QED) is 0.368. The van der Waals surface area contributed by atoms with Gasteiger partial charge in [0.2, 0.25) is 0 Å². The molecule has 10 aliphatic heterocycles. The largest absolute Gasteiger partial charge is 0.381 e. The van der Waals surface area contributed by atoms with Crippen LogP contribution in [0.15, 0.2) is 0 Å². The smallest absolute Gasteiger partial charge is 0.0956 e. The molecule has 0 amide bonds.